The summed E-state index contributed by atoms with van der Waals surface area (Å²) in [5, 5.41) is 1.78. The quantitative estimate of drug-likeness (QED) is 0.551. The van der Waals surface area contributed by atoms with E-state index >= 15 is 0 Å². The van der Waals surface area contributed by atoms with Gasteiger partial charge in [0.1, 0.15) is 10.5 Å². The highest BCUT2D eigenvalue weighted by molar-refractivity contribution is 7.89. The summed E-state index contributed by atoms with van der Waals surface area (Å²) in [5.74, 6) is -0.0296. The van der Waals surface area contributed by atoms with Crippen LogP contribution in [0.25, 0.3) is 10.2 Å². The smallest absolute Gasteiger partial charge is 0.268 e. The molecule has 2 aromatic heterocycles. The molecule has 0 radical (unpaired) electrons. The van der Waals surface area contributed by atoms with Gasteiger partial charge in [-0.2, -0.15) is 0 Å². The molecule has 0 spiro atoms. The lowest BCUT2D eigenvalue weighted by Crippen LogP contribution is -2.32. The second-order valence-corrected chi connectivity index (χ2v) is 10.0. The van der Waals surface area contributed by atoms with Crippen LogP contribution in [0.1, 0.15) is 29.0 Å². The van der Waals surface area contributed by atoms with Gasteiger partial charge in [-0.05, 0) is 42.5 Å². The average Bonchev–Trinajstić information content (AvgIpc) is 3.44. The molecule has 0 aliphatic carbocycles. The number of rotatable bonds is 7. The lowest BCUT2D eigenvalue weighted by molar-refractivity contribution is 0.0781. The lowest BCUT2D eigenvalue weighted by Gasteiger charge is -2.17. The van der Waals surface area contributed by atoms with Crippen molar-refractivity contribution in [2.75, 3.05) is 20.2 Å². The summed E-state index contributed by atoms with van der Waals surface area (Å²) in [5.41, 5.74) is 0.553. The Bertz CT molecular complexity index is 1260. The standard InChI is InChI=1S/C20H22N4O5S2/c1-24(12-17-22-16-7-9-30-18(16)19(25)23-17)20(26)13-4-2-6-15(10-13)31(27,28)21-11-14-5-3-8-29-14/h2,4,6-7,9-10,14,21H,3,5,8,11-12H2,1H3,(H,22,23,25)/t14-/m0/s1. The normalized spacial score (nSPS) is 16.6. The van der Waals surface area contributed by atoms with Crippen molar-refractivity contribution in [1.29, 1.82) is 0 Å². The lowest BCUT2D eigenvalue weighted by atomic mass is 10.2. The van der Waals surface area contributed by atoms with Crippen molar-refractivity contribution in [3.8, 4) is 0 Å². The van der Waals surface area contributed by atoms with E-state index in [9.17, 15) is 18.0 Å². The van der Waals surface area contributed by atoms with E-state index in [1.54, 1.807) is 24.6 Å². The molecule has 0 saturated carbocycles. The molecule has 1 aliphatic rings. The van der Waals surface area contributed by atoms with Gasteiger partial charge in [-0.1, -0.05) is 6.07 Å². The predicted molar refractivity (Wildman–Crippen MR) is 117 cm³/mol. The SMILES string of the molecule is CN(Cc1nc2ccsc2c(=O)[nH]1)C(=O)c1cccc(S(=O)(=O)NC[C@@H]2CCCO2)c1. The van der Waals surface area contributed by atoms with Gasteiger partial charge in [0.15, 0.2) is 0 Å². The van der Waals surface area contributed by atoms with E-state index in [4.69, 9.17) is 4.74 Å². The van der Waals surface area contributed by atoms with Crippen molar-refractivity contribution >= 4 is 37.5 Å². The molecule has 1 fully saturated rings. The number of nitrogens with one attached hydrogen (secondary N) is 2. The first kappa shape index (κ1) is 21.6. The van der Waals surface area contributed by atoms with Gasteiger partial charge >= 0.3 is 0 Å². The minimum absolute atomic E-state index is 0.0102. The number of sulfonamides is 1. The van der Waals surface area contributed by atoms with Gasteiger partial charge in [-0.25, -0.2) is 18.1 Å². The highest BCUT2D eigenvalue weighted by Gasteiger charge is 2.22. The fourth-order valence-corrected chi connectivity index (χ4v) is 5.24. The summed E-state index contributed by atoms with van der Waals surface area (Å²) in [6.07, 6.45) is 1.61. The van der Waals surface area contributed by atoms with Crippen LogP contribution in [0.4, 0.5) is 0 Å². The van der Waals surface area contributed by atoms with Crippen LogP contribution in [0.15, 0.2) is 45.4 Å². The molecule has 1 atom stereocenters. The van der Waals surface area contributed by atoms with Crippen molar-refractivity contribution in [2.45, 2.75) is 30.4 Å². The Morgan fingerprint density at radius 2 is 2.23 bits per heavy atom. The molecular formula is C20H22N4O5S2. The third-order valence-corrected chi connectivity index (χ3v) is 7.34. The summed E-state index contributed by atoms with van der Waals surface area (Å²) in [7, 11) is -2.20. The maximum atomic E-state index is 12.9. The second-order valence-electron chi connectivity index (χ2n) is 7.32. The Labute approximate surface area is 183 Å². The number of nitrogens with zero attached hydrogens (tertiary/aromatic N) is 2. The van der Waals surface area contributed by atoms with Crippen LogP contribution in [-0.2, 0) is 21.3 Å². The van der Waals surface area contributed by atoms with Gasteiger partial charge in [0, 0.05) is 25.8 Å². The number of hydrogen-bond donors (Lipinski definition) is 2. The largest absolute Gasteiger partial charge is 0.377 e. The number of thiophene rings is 1. The Morgan fingerprint density at radius 1 is 1.39 bits per heavy atom. The second kappa shape index (κ2) is 8.87. The zero-order chi connectivity index (χ0) is 22.0. The van der Waals surface area contributed by atoms with Crippen LogP contribution >= 0.6 is 11.3 Å². The van der Waals surface area contributed by atoms with Gasteiger partial charge in [-0.15, -0.1) is 11.3 Å². The van der Waals surface area contributed by atoms with Crippen molar-refractivity contribution in [3.63, 3.8) is 0 Å². The van der Waals surface area contributed by atoms with E-state index < -0.39 is 10.0 Å². The molecule has 0 unspecified atom stereocenters. The first-order chi connectivity index (χ1) is 14.8. The Hall–Kier alpha value is -2.60. The van der Waals surface area contributed by atoms with E-state index in [2.05, 4.69) is 14.7 Å². The Kier molecular flexibility index (Phi) is 6.19. The molecule has 164 valence electrons. The Balaban J connectivity index is 1.48. The number of aromatic nitrogens is 2. The zero-order valence-electron chi connectivity index (χ0n) is 16.8. The van der Waals surface area contributed by atoms with Crippen LogP contribution in [0.2, 0.25) is 0 Å². The first-order valence-electron chi connectivity index (χ1n) is 9.77. The van der Waals surface area contributed by atoms with Gasteiger partial charge in [0.2, 0.25) is 10.0 Å². The number of aromatic amines is 1. The molecular weight excluding hydrogens is 440 g/mol. The molecule has 4 rings (SSSR count). The van der Waals surface area contributed by atoms with Gasteiger partial charge < -0.3 is 14.6 Å². The van der Waals surface area contributed by atoms with Crippen LogP contribution in [-0.4, -0.2) is 55.5 Å². The molecule has 1 aromatic carbocycles. The predicted octanol–water partition coefficient (Wildman–Crippen LogP) is 1.71. The Morgan fingerprint density at radius 3 is 3.00 bits per heavy atom. The van der Waals surface area contributed by atoms with Crippen molar-refractivity contribution < 1.29 is 17.9 Å². The molecule has 1 aliphatic heterocycles. The third kappa shape index (κ3) is 4.85. The van der Waals surface area contributed by atoms with Crippen molar-refractivity contribution in [3.05, 3.63) is 57.5 Å². The number of fused-ring (bicyclic) bond motifs is 1. The number of amides is 1. The number of hydrogen-bond acceptors (Lipinski definition) is 7. The van der Waals surface area contributed by atoms with Crippen LogP contribution in [0.3, 0.4) is 0 Å². The van der Waals surface area contributed by atoms with Gasteiger partial charge in [0.25, 0.3) is 11.5 Å². The summed E-state index contributed by atoms with van der Waals surface area (Å²) in [6, 6.07) is 7.61. The summed E-state index contributed by atoms with van der Waals surface area (Å²) in [4.78, 5) is 33.4. The molecule has 1 amide bonds. The van der Waals surface area contributed by atoms with Crippen LogP contribution < -0.4 is 10.3 Å². The van der Waals surface area contributed by atoms with E-state index in [1.165, 1.54) is 34.4 Å². The van der Waals surface area contributed by atoms with Crippen LogP contribution in [0, 0.1) is 0 Å². The van der Waals surface area contributed by atoms with E-state index in [0.29, 0.717) is 22.6 Å². The maximum Gasteiger partial charge on any atom is 0.268 e. The van der Waals surface area contributed by atoms with E-state index in [0.717, 1.165) is 12.8 Å². The number of H-pyrrole nitrogens is 1. The topological polar surface area (TPSA) is 121 Å². The molecule has 3 aromatic rings. The van der Waals surface area contributed by atoms with Gasteiger partial charge in [0.05, 0.1) is 23.1 Å². The minimum atomic E-state index is -3.77. The van der Waals surface area contributed by atoms with E-state index in [1.807, 2.05) is 0 Å². The van der Waals surface area contributed by atoms with Crippen LogP contribution in [0.5, 0.6) is 0 Å². The minimum Gasteiger partial charge on any atom is -0.377 e. The zero-order valence-corrected chi connectivity index (χ0v) is 18.5. The highest BCUT2D eigenvalue weighted by atomic mass is 32.2. The van der Waals surface area contributed by atoms with Crippen molar-refractivity contribution in [1.82, 2.24) is 19.6 Å². The molecule has 1 saturated heterocycles. The third-order valence-electron chi connectivity index (χ3n) is 5.01. The first-order valence-corrected chi connectivity index (χ1v) is 12.1. The average molecular weight is 463 g/mol. The number of ether oxygens (including phenoxy) is 1. The summed E-state index contributed by atoms with van der Waals surface area (Å²) >= 11 is 1.30. The molecule has 2 N–H and O–H groups in total. The van der Waals surface area contributed by atoms with Crippen molar-refractivity contribution in [2.24, 2.45) is 0 Å². The number of carbonyl (C=O) groups is 1. The maximum absolute atomic E-state index is 12.9. The van der Waals surface area contributed by atoms with Gasteiger partial charge in [-0.3, -0.25) is 9.59 Å². The number of benzene rings is 1. The molecule has 3 heterocycles. The molecule has 11 heteroatoms. The fraction of sp³-hybridized carbons (Fsp3) is 0.350. The fourth-order valence-electron chi connectivity index (χ4n) is 3.40. The summed E-state index contributed by atoms with van der Waals surface area (Å²) in [6.45, 7) is 0.917. The molecule has 31 heavy (non-hydrogen) atoms. The monoisotopic (exact) mass is 462 g/mol. The molecule has 0 bridgehead atoms. The summed E-state index contributed by atoms with van der Waals surface area (Å²) < 4.78 is 33.8. The van der Waals surface area contributed by atoms with E-state index in [-0.39, 0.29) is 41.1 Å². The highest BCUT2D eigenvalue weighted by Crippen LogP contribution is 2.17. The number of carbonyl (C=O) groups excluding carboxylic acids is 1. The molecule has 9 nitrogen and oxygen atoms in total.